The number of rotatable bonds is 3. The molecule has 2 rings (SSSR count). The van der Waals surface area contributed by atoms with Crippen LogP contribution in [0.25, 0.3) is 6.08 Å². The maximum Gasteiger partial charge on any atom is 0.246 e. The molecule has 1 aliphatic heterocycles. The summed E-state index contributed by atoms with van der Waals surface area (Å²) in [6.45, 7) is 1.62. The van der Waals surface area contributed by atoms with Crippen molar-refractivity contribution in [3.8, 4) is 0 Å². The lowest BCUT2D eigenvalue weighted by atomic mass is 10.0. The van der Waals surface area contributed by atoms with Gasteiger partial charge in [-0.3, -0.25) is 4.79 Å². The Balaban J connectivity index is 2.00. The number of likely N-dealkylation sites (N-methyl/N-ethyl adjacent to an activating group) is 1. The number of carbonyl (C=O) groups excluding carboxylic acids is 1. The van der Waals surface area contributed by atoms with Gasteiger partial charge in [-0.15, -0.1) is 0 Å². The number of piperidine rings is 1. The van der Waals surface area contributed by atoms with Crippen LogP contribution in [0.2, 0.25) is 10.0 Å². The van der Waals surface area contributed by atoms with Crippen molar-refractivity contribution in [1.82, 2.24) is 9.80 Å². The van der Waals surface area contributed by atoms with E-state index in [4.69, 9.17) is 23.2 Å². The highest BCUT2D eigenvalue weighted by Gasteiger charge is 2.23. The Morgan fingerprint density at radius 2 is 2.10 bits per heavy atom. The first kappa shape index (κ1) is 16.3. The number of likely N-dealkylation sites (tertiary alicyclic amines) is 1. The number of halogens is 2. The van der Waals surface area contributed by atoms with Gasteiger partial charge in [-0.1, -0.05) is 29.3 Å². The predicted molar refractivity (Wildman–Crippen MR) is 88.8 cm³/mol. The number of hydrogen-bond acceptors (Lipinski definition) is 2. The van der Waals surface area contributed by atoms with E-state index in [0.717, 1.165) is 31.5 Å². The van der Waals surface area contributed by atoms with E-state index in [-0.39, 0.29) is 5.91 Å². The molecule has 1 unspecified atom stereocenters. The molecule has 1 aliphatic rings. The number of hydrogen-bond donors (Lipinski definition) is 0. The zero-order valence-corrected chi connectivity index (χ0v) is 13.9. The van der Waals surface area contributed by atoms with E-state index in [1.807, 2.05) is 11.0 Å². The molecule has 1 atom stereocenters. The Bertz CT molecular complexity index is 543. The summed E-state index contributed by atoms with van der Waals surface area (Å²) in [5, 5.41) is 1.02. The SMILES string of the molecule is CN(C)C1CCCN(C(=O)/C=C/c2ccc(Cl)c(Cl)c2)C1. The summed E-state index contributed by atoms with van der Waals surface area (Å²) in [6, 6.07) is 5.78. The molecule has 5 heteroatoms. The van der Waals surface area contributed by atoms with Crippen LogP contribution in [-0.4, -0.2) is 48.9 Å². The lowest BCUT2D eigenvalue weighted by Crippen LogP contribution is -2.47. The second-order valence-corrected chi connectivity index (χ2v) is 6.37. The van der Waals surface area contributed by atoms with Gasteiger partial charge in [-0.05, 0) is 50.7 Å². The van der Waals surface area contributed by atoms with E-state index in [0.29, 0.717) is 16.1 Å². The number of carbonyl (C=O) groups is 1. The van der Waals surface area contributed by atoms with Gasteiger partial charge in [0.05, 0.1) is 10.0 Å². The van der Waals surface area contributed by atoms with E-state index in [1.54, 1.807) is 24.3 Å². The quantitative estimate of drug-likeness (QED) is 0.793. The molecular weight excluding hydrogens is 307 g/mol. The van der Waals surface area contributed by atoms with Gasteiger partial charge >= 0.3 is 0 Å². The largest absolute Gasteiger partial charge is 0.338 e. The van der Waals surface area contributed by atoms with Gasteiger partial charge in [0.1, 0.15) is 0 Å². The molecule has 1 aromatic carbocycles. The minimum atomic E-state index is 0.0487. The first-order valence-electron chi connectivity index (χ1n) is 7.06. The lowest BCUT2D eigenvalue weighted by molar-refractivity contribution is -0.127. The molecular formula is C16H20Cl2N2O. The van der Waals surface area contributed by atoms with E-state index in [2.05, 4.69) is 19.0 Å². The summed E-state index contributed by atoms with van der Waals surface area (Å²) in [5.74, 6) is 0.0487. The van der Waals surface area contributed by atoms with Crippen LogP contribution in [0, 0.1) is 0 Å². The second-order valence-electron chi connectivity index (χ2n) is 5.55. The Hall–Kier alpha value is -1.03. The minimum Gasteiger partial charge on any atom is -0.338 e. The summed E-state index contributed by atoms with van der Waals surface area (Å²) in [6.07, 6.45) is 5.59. The number of benzene rings is 1. The Kier molecular flexibility index (Phi) is 5.68. The maximum atomic E-state index is 12.3. The fourth-order valence-corrected chi connectivity index (χ4v) is 2.77. The highest BCUT2D eigenvalue weighted by molar-refractivity contribution is 6.42. The fourth-order valence-electron chi connectivity index (χ4n) is 2.47. The first-order chi connectivity index (χ1) is 9.97. The average molecular weight is 327 g/mol. The van der Waals surface area contributed by atoms with Crippen LogP contribution < -0.4 is 0 Å². The van der Waals surface area contributed by atoms with Crippen LogP contribution in [0.3, 0.4) is 0 Å². The smallest absolute Gasteiger partial charge is 0.246 e. The second kappa shape index (κ2) is 7.30. The zero-order chi connectivity index (χ0) is 15.4. The molecule has 1 fully saturated rings. The van der Waals surface area contributed by atoms with Crippen LogP contribution >= 0.6 is 23.2 Å². The molecule has 0 spiro atoms. The lowest BCUT2D eigenvalue weighted by Gasteiger charge is -2.35. The molecule has 21 heavy (non-hydrogen) atoms. The molecule has 3 nitrogen and oxygen atoms in total. The van der Waals surface area contributed by atoms with Gasteiger partial charge in [0.15, 0.2) is 0 Å². The number of nitrogens with zero attached hydrogens (tertiary/aromatic N) is 2. The van der Waals surface area contributed by atoms with Crippen molar-refractivity contribution in [2.75, 3.05) is 27.2 Å². The van der Waals surface area contributed by atoms with E-state index < -0.39 is 0 Å². The summed E-state index contributed by atoms with van der Waals surface area (Å²) < 4.78 is 0. The van der Waals surface area contributed by atoms with Crippen molar-refractivity contribution >= 4 is 35.2 Å². The molecule has 1 amide bonds. The first-order valence-corrected chi connectivity index (χ1v) is 7.81. The van der Waals surface area contributed by atoms with Gasteiger partial charge in [0, 0.05) is 25.2 Å². The molecule has 0 radical (unpaired) electrons. The Morgan fingerprint density at radius 1 is 1.33 bits per heavy atom. The van der Waals surface area contributed by atoms with Gasteiger partial charge < -0.3 is 9.80 Å². The van der Waals surface area contributed by atoms with Gasteiger partial charge in [-0.25, -0.2) is 0 Å². The Morgan fingerprint density at radius 3 is 2.76 bits per heavy atom. The van der Waals surface area contributed by atoms with Crippen LogP contribution in [0.5, 0.6) is 0 Å². The standard InChI is InChI=1S/C16H20Cl2N2O/c1-19(2)13-4-3-9-20(11-13)16(21)8-6-12-5-7-14(17)15(18)10-12/h5-8,10,13H,3-4,9,11H2,1-2H3/b8-6+. The molecule has 114 valence electrons. The molecule has 0 N–H and O–H groups in total. The van der Waals surface area contributed by atoms with Crippen LogP contribution in [0.1, 0.15) is 18.4 Å². The highest BCUT2D eigenvalue weighted by atomic mass is 35.5. The molecule has 0 bridgehead atoms. The van der Waals surface area contributed by atoms with Gasteiger partial charge in [0.2, 0.25) is 5.91 Å². The number of amides is 1. The molecule has 0 saturated carbocycles. The van der Waals surface area contributed by atoms with E-state index in [1.165, 1.54) is 0 Å². The third kappa shape index (κ3) is 4.47. The maximum absolute atomic E-state index is 12.3. The van der Waals surface area contributed by atoms with Crippen molar-refractivity contribution in [1.29, 1.82) is 0 Å². The van der Waals surface area contributed by atoms with Crippen molar-refractivity contribution in [3.63, 3.8) is 0 Å². The molecule has 1 saturated heterocycles. The van der Waals surface area contributed by atoms with E-state index in [9.17, 15) is 4.79 Å². The summed E-state index contributed by atoms with van der Waals surface area (Å²) in [4.78, 5) is 16.3. The van der Waals surface area contributed by atoms with Crippen molar-refractivity contribution in [2.24, 2.45) is 0 Å². The minimum absolute atomic E-state index is 0.0487. The molecule has 1 heterocycles. The van der Waals surface area contributed by atoms with Gasteiger partial charge in [0.25, 0.3) is 0 Å². The third-order valence-electron chi connectivity index (χ3n) is 3.80. The van der Waals surface area contributed by atoms with Crippen LogP contribution in [0.15, 0.2) is 24.3 Å². The topological polar surface area (TPSA) is 23.6 Å². The summed E-state index contributed by atoms with van der Waals surface area (Å²) >= 11 is 11.8. The van der Waals surface area contributed by atoms with Gasteiger partial charge in [-0.2, -0.15) is 0 Å². The molecule has 0 aliphatic carbocycles. The van der Waals surface area contributed by atoms with Crippen LogP contribution in [-0.2, 0) is 4.79 Å². The molecule has 1 aromatic rings. The summed E-state index contributed by atoms with van der Waals surface area (Å²) in [5.41, 5.74) is 0.874. The average Bonchev–Trinajstić information content (AvgIpc) is 2.48. The van der Waals surface area contributed by atoms with Crippen LogP contribution in [0.4, 0.5) is 0 Å². The highest BCUT2D eigenvalue weighted by Crippen LogP contribution is 2.23. The monoisotopic (exact) mass is 326 g/mol. The zero-order valence-electron chi connectivity index (χ0n) is 12.4. The predicted octanol–water partition coefficient (Wildman–Crippen LogP) is 3.56. The van der Waals surface area contributed by atoms with E-state index >= 15 is 0 Å². The summed E-state index contributed by atoms with van der Waals surface area (Å²) in [7, 11) is 4.12. The fraction of sp³-hybridized carbons (Fsp3) is 0.438. The Labute approximate surface area is 136 Å². The van der Waals surface area contributed by atoms with Crippen molar-refractivity contribution in [2.45, 2.75) is 18.9 Å². The third-order valence-corrected chi connectivity index (χ3v) is 4.54. The van der Waals surface area contributed by atoms with Crippen molar-refractivity contribution in [3.05, 3.63) is 39.9 Å². The normalized spacial score (nSPS) is 19.5. The van der Waals surface area contributed by atoms with Crippen molar-refractivity contribution < 1.29 is 4.79 Å². The molecule has 0 aromatic heterocycles.